The molecular formula is C25H25F3N4O2. The molecule has 0 atom stereocenters. The molecule has 0 saturated heterocycles. The van der Waals surface area contributed by atoms with Crippen molar-refractivity contribution in [2.24, 2.45) is 0 Å². The third-order valence-corrected chi connectivity index (χ3v) is 5.09. The Balaban J connectivity index is 1.67. The van der Waals surface area contributed by atoms with Crippen LogP contribution in [0.25, 0.3) is 0 Å². The number of amides is 4. The average Bonchev–Trinajstić information content (AvgIpc) is 2.79. The molecule has 0 aromatic heterocycles. The number of benzene rings is 3. The first kappa shape index (κ1) is 24.6. The molecule has 0 bridgehead atoms. The summed E-state index contributed by atoms with van der Waals surface area (Å²) in [6, 6.07) is 17.7. The van der Waals surface area contributed by atoms with E-state index in [-0.39, 0.29) is 18.8 Å². The van der Waals surface area contributed by atoms with E-state index in [1.54, 1.807) is 30.3 Å². The number of anilines is 3. The number of para-hydroxylation sites is 2. The summed E-state index contributed by atoms with van der Waals surface area (Å²) in [5.74, 6) is 0. The second kappa shape index (κ2) is 10.7. The summed E-state index contributed by atoms with van der Waals surface area (Å²) in [7, 11) is 0. The molecule has 0 spiro atoms. The van der Waals surface area contributed by atoms with E-state index in [1.807, 2.05) is 32.0 Å². The van der Waals surface area contributed by atoms with Gasteiger partial charge in [0.25, 0.3) is 0 Å². The molecule has 34 heavy (non-hydrogen) atoms. The summed E-state index contributed by atoms with van der Waals surface area (Å²) in [4.78, 5) is 26.7. The number of carbonyl (C=O) groups is 2. The number of nitrogens with zero attached hydrogens (tertiary/aromatic N) is 1. The lowest BCUT2D eigenvalue weighted by molar-refractivity contribution is -0.137. The number of hydrogen-bond donors (Lipinski definition) is 3. The SMILES string of the molecule is Cc1cccc(C)c1NC(=O)NCCN(C(=O)Nc1cccc(C(F)(F)F)c1)c1ccccc1. The maximum Gasteiger partial charge on any atom is 0.416 e. The zero-order valence-corrected chi connectivity index (χ0v) is 18.7. The summed E-state index contributed by atoms with van der Waals surface area (Å²) < 4.78 is 39.0. The van der Waals surface area contributed by atoms with E-state index < -0.39 is 23.8 Å². The Bertz CT molecular complexity index is 1130. The van der Waals surface area contributed by atoms with E-state index in [2.05, 4.69) is 16.0 Å². The Hall–Kier alpha value is -4.01. The van der Waals surface area contributed by atoms with Crippen LogP contribution in [-0.4, -0.2) is 25.2 Å². The number of nitrogens with one attached hydrogen (secondary N) is 3. The van der Waals surface area contributed by atoms with E-state index in [1.165, 1.54) is 17.0 Å². The van der Waals surface area contributed by atoms with Crippen molar-refractivity contribution in [1.82, 2.24) is 5.32 Å². The molecule has 4 amide bonds. The second-order valence-corrected chi connectivity index (χ2v) is 7.64. The molecule has 0 aliphatic carbocycles. The molecule has 178 valence electrons. The van der Waals surface area contributed by atoms with E-state index in [0.717, 1.165) is 23.3 Å². The number of urea groups is 2. The summed E-state index contributed by atoms with van der Waals surface area (Å²) >= 11 is 0. The summed E-state index contributed by atoms with van der Waals surface area (Å²) in [6.45, 7) is 3.98. The van der Waals surface area contributed by atoms with Crippen LogP contribution in [0.2, 0.25) is 0 Å². The van der Waals surface area contributed by atoms with Crippen molar-refractivity contribution in [3.05, 3.63) is 89.5 Å². The topological polar surface area (TPSA) is 73.5 Å². The lowest BCUT2D eigenvalue weighted by Gasteiger charge is -2.24. The molecule has 0 unspecified atom stereocenters. The van der Waals surface area contributed by atoms with Crippen molar-refractivity contribution in [3.8, 4) is 0 Å². The Labute approximate surface area is 195 Å². The lowest BCUT2D eigenvalue weighted by atomic mass is 10.1. The molecule has 0 radical (unpaired) electrons. The van der Waals surface area contributed by atoms with Crippen molar-refractivity contribution in [1.29, 1.82) is 0 Å². The van der Waals surface area contributed by atoms with Crippen LogP contribution in [0.15, 0.2) is 72.8 Å². The number of halogens is 3. The van der Waals surface area contributed by atoms with Crippen LogP contribution in [0.3, 0.4) is 0 Å². The van der Waals surface area contributed by atoms with Gasteiger partial charge in [-0.25, -0.2) is 9.59 Å². The van der Waals surface area contributed by atoms with Gasteiger partial charge in [-0.3, -0.25) is 4.90 Å². The Morgan fingerprint density at radius 1 is 0.853 bits per heavy atom. The molecule has 3 aromatic carbocycles. The molecule has 3 rings (SSSR count). The van der Waals surface area contributed by atoms with Gasteiger partial charge < -0.3 is 16.0 Å². The Kier molecular flexibility index (Phi) is 7.78. The van der Waals surface area contributed by atoms with Gasteiger partial charge in [-0.1, -0.05) is 42.5 Å². The van der Waals surface area contributed by atoms with Crippen molar-refractivity contribution in [2.45, 2.75) is 20.0 Å². The zero-order chi connectivity index (χ0) is 24.7. The zero-order valence-electron chi connectivity index (χ0n) is 18.7. The largest absolute Gasteiger partial charge is 0.416 e. The van der Waals surface area contributed by atoms with Gasteiger partial charge in [0.15, 0.2) is 0 Å². The number of alkyl halides is 3. The Morgan fingerprint density at radius 3 is 2.15 bits per heavy atom. The monoisotopic (exact) mass is 470 g/mol. The van der Waals surface area contributed by atoms with Crippen LogP contribution >= 0.6 is 0 Å². The molecule has 0 aliphatic rings. The summed E-state index contributed by atoms with van der Waals surface area (Å²) in [5, 5.41) is 8.02. The van der Waals surface area contributed by atoms with Crippen LogP contribution in [-0.2, 0) is 6.18 Å². The highest BCUT2D eigenvalue weighted by Crippen LogP contribution is 2.30. The molecule has 0 aliphatic heterocycles. The highest BCUT2D eigenvalue weighted by molar-refractivity contribution is 6.02. The fourth-order valence-corrected chi connectivity index (χ4v) is 3.37. The minimum atomic E-state index is -4.52. The highest BCUT2D eigenvalue weighted by atomic mass is 19.4. The van der Waals surface area contributed by atoms with E-state index in [4.69, 9.17) is 0 Å². The predicted octanol–water partition coefficient (Wildman–Crippen LogP) is 6.18. The van der Waals surface area contributed by atoms with Crippen molar-refractivity contribution < 1.29 is 22.8 Å². The maximum absolute atomic E-state index is 13.0. The minimum Gasteiger partial charge on any atom is -0.336 e. The quantitative estimate of drug-likeness (QED) is 0.402. The van der Waals surface area contributed by atoms with Gasteiger partial charge in [0.2, 0.25) is 0 Å². The van der Waals surface area contributed by atoms with Crippen LogP contribution in [0.1, 0.15) is 16.7 Å². The van der Waals surface area contributed by atoms with E-state index in [9.17, 15) is 22.8 Å². The lowest BCUT2D eigenvalue weighted by Crippen LogP contribution is -2.42. The molecule has 6 nitrogen and oxygen atoms in total. The van der Waals surface area contributed by atoms with Crippen LogP contribution in [0.4, 0.5) is 39.8 Å². The molecular weight excluding hydrogens is 445 g/mol. The second-order valence-electron chi connectivity index (χ2n) is 7.64. The summed E-state index contributed by atoms with van der Waals surface area (Å²) in [6.07, 6.45) is -4.52. The van der Waals surface area contributed by atoms with Gasteiger partial charge >= 0.3 is 18.2 Å². The van der Waals surface area contributed by atoms with Gasteiger partial charge in [0.1, 0.15) is 0 Å². The fraction of sp³-hybridized carbons (Fsp3) is 0.200. The van der Waals surface area contributed by atoms with Gasteiger partial charge in [-0.15, -0.1) is 0 Å². The van der Waals surface area contributed by atoms with Crippen molar-refractivity contribution >= 4 is 29.1 Å². The Morgan fingerprint density at radius 2 is 1.50 bits per heavy atom. The molecule has 0 saturated carbocycles. The predicted molar refractivity (Wildman–Crippen MR) is 127 cm³/mol. The first-order valence-corrected chi connectivity index (χ1v) is 10.6. The minimum absolute atomic E-state index is 0.0153. The first-order valence-electron chi connectivity index (χ1n) is 10.6. The third kappa shape index (κ3) is 6.50. The maximum atomic E-state index is 13.0. The van der Waals surface area contributed by atoms with Crippen molar-refractivity contribution in [3.63, 3.8) is 0 Å². The van der Waals surface area contributed by atoms with Gasteiger partial charge in [-0.05, 0) is 55.3 Å². The molecule has 0 heterocycles. The normalized spacial score (nSPS) is 11.0. The van der Waals surface area contributed by atoms with Gasteiger partial charge in [-0.2, -0.15) is 13.2 Å². The number of aryl methyl sites for hydroxylation is 2. The molecule has 0 fully saturated rings. The molecule has 9 heteroatoms. The van der Waals surface area contributed by atoms with Crippen LogP contribution in [0.5, 0.6) is 0 Å². The standard InChI is InChI=1S/C25H25F3N4O2/c1-17-8-6-9-18(2)22(17)31-23(33)29-14-15-32(21-12-4-3-5-13-21)24(34)30-20-11-7-10-19(16-20)25(26,27)28/h3-13,16H,14-15H2,1-2H3,(H,30,34)(H2,29,31,33). The number of hydrogen-bond acceptors (Lipinski definition) is 2. The number of carbonyl (C=O) groups excluding carboxylic acids is 2. The smallest absolute Gasteiger partial charge is 0.336 e. The first-order chi connectivity index (χ1) is 16.1. The van der Waals surface area contributed by atoms with E-state index in [0.29, 0.717) is 11.4 Å². The molecule has 3 aromatic rings. The van der Waals surface area contributed by atoms with Gasteiger partial charge in [0.05, 0.1) is 5.56 Å². The number of rotatable bonds is 6. The van der Waals surface area contributed by atoms with Crippen LogP contribution in [0, 0.1) is 13.8 Å². The third-order valence-electron chi connectivity index (χ3n) is 5.09. The average molecular weight is 470 g/mol. The summed E-state index contributed by atoms with van der Waals surface area (Å²) in [5.41, 5.74) is 2.23. The highest BCUT2D eigenvalue weighted by Gasteiger charge is 2.30. The fourth-order valence-electron chi connectivity index (χ4n) is 3.37. The molecule has 3 N–H and O–H groups in total. The van der Waals surface area contributed by atoms with Crippen LogP contribution < -0.4 is 20.9 Å². The van der Waals surface area contributed by atoms with Crippen molar-refractivity contribution in [2.75, 3.05) is 28.6 Å². The van der Waals surface area contributed by atoms with E-state index >= 15 is 0 Å². The van der Waals surface area contributed by atoms with Gasteiger partial charge in [0, 0.05) is 30.2 Å².